The second-order valence-corrected chi connectivity index (χ2v) is 5.39. The van der Waals surface area contributed by atoms with Crippen molar-refractivity contribution >= 4 is 11.3 Å². The van der Waals surface area contributed by atoms with E-state index in [4.69, 9.17) is 0 Å². The highest BCUT2D eigenvalue weighted by Gasteiger charge is 2.71. The molecule has 1 nitrogen and oxygen atoms in total. The molecule has 1 N–H and O–H groups in total. The Hall–Kier alpha value is -1.47. The summed E-state index contributed by atoms with van der Waals surface area (Å²) in [5.74, 6) is -5.33. The number of aryl methyl sites for hydroxylation is 1. The molecule has 2 aromatic rings. The molecule has 0 aliphatic heterocycles. The van der Waals surface area contributed by atoms with Crippen LogP contribution in [0.1, 0.15) is 16.7 Å². The van der Waals surface area contributed by atoms with Gasteiger partial charge in [-0.15, -0.1) is 0 Å². The zero-order valence-electron chi connectivity index (χ0n) is 10.8. The molecule has 2 rings (SSSR count). The summed E-state index contributed by atoms with van der Waals surface area (Å²) in [5, 5.41) is 12.9. The third kappa shape index (κ3) is 2.34. The van der Waals surface area contributed by atoms with E-state index in [9.17, 15) is 27.1 Å². The van der Waals surface area contributed by atoms with Crippen molar-refractivity contribution in [2.75, 3.05) is 0 Å². The van der Waals surface area contributed by atoms with Crippen molar-refractivity contribution in [2.24, 2.45) is 0 Å². The topological polar surface area (TPSA) is 20.2 Å². The quantitative estimate of drug-likeness (QED) is 0.826. The molecule has 0 saturated carbocycles. The van der Waals surface area contributed by atoms with Crippen molar-refractivity contribution < 1.29 is 27.1 Å². The minimum Gasteiger partial charge on any atom is -0.374 e. The summed E-state index contributed by atoms with van der Waals surface area (Å²) in [4.78, 5) is 0. The Labute approximate surface area is 121 Å². The van der Waals surface area contributed by atoms with E-state index in [2.05, 4.69) is 0 Å². The van der Waals surface area contributed by atoms with Gasteiger partial charge in [-0.3, -0.25) is 0 Å². The molecule has 0 aliphatic carbocycles. The van der Waals surface area contributed by atoms with Gasteiger partial charge in [0.25, 0.3) is 0 Å². The molecule has 0 saturated heterocycles. The zero-order valence-corrected chi connectivity index (χ0v) is 11.6. The molecule has 0 radical (unpaired) electrons. The summed E-state index contributed by atoms with van der Waals surface area (Å²) in [6.07, 6.45) is -5.88. The number of aliphatic hydroxyl groups is 1. The van der Waals surface area contributed by atoms with Gasteiger partial charge < -0.3 is 5.11 Å². The number of rotatable bonds is 3. The number of halogens is 5. The lowest BCUT2D eigenvalue weighted by Crippen LogP contribution is -2.55. The van der Waals surface area contributed by atoms with Crippen molar-refractivity contribution in [3.8, 4) is 0 Å². The normalized spacial score (nSPS) is 15.8. The van der Waals surface area contributed by atoms with E-state index in [1.165, 1.54) is 30.5 Å². The van der Waals surface area contributed by atoms with E-state index >= 15 is 0 Å². The Morgan fingerprint density at radius 1 is 1.00 bits per heavy atom. The second-order valence-electron chi connectivity index (χ2n) is 4.61. The van der Waals surface area contributed by atoms with Gasteiger partial charge >= 0.3 is 12.1 Å². The molecular formula is C14H11F5OS. The van der Waals surface area contributed by atoms with E-state index in [-0.39, 0.29) is 5.56 Å². The minimum absolute atomic E-state index is 0.148. The summed E-state index contributed by atoms with van der Waals surface area (Å²) in [6.45, 7) is 1.37. The van der Waals surface area contributed by atoms with Crippen LogP contribution in [-0.4, -0.2) is 17.2 Å². The summed E-state index contributed by atoms with van der Waals surface area (Å²) < 4.78 is 66.6. The van der Waals surface area contributed by atoms with Crippen molar-refractivity contribution in [1.82, 2.24) is 0 Å². The van der Waals surface area contributed by atoms with Crippen LogP contribution in [0.25, 0.3) is 0 Å². The van der Waals surface area contributed by atoms with Gasteiger partial charge in [0.2, 0.25) is 0 Å². The first-order chi connectivity index (χ1) is 9.62. The van der Waals surface area contributed by atoms with Gasteiger partial charge in [-0.05, 0) is 34.9 Å². The van der Waals surface area contributed by atoms with E-state index in [0.717, 1.165) is 28.8 Å². The first-order valence-corrected chi connectivity index (χ1v) is 6.82. The average Bonchev–Trinajstić information content (AvgIpc) is 2.91. The maximum Gasteiger partial charge on any atom is 0.457 e. The predicted octanol–water partition coefficient (Wildman–Crippen LogP) is 4.49. The fraction of sp³-hybridized carbons (Fsp3) is 0.286. The van der Waals surface area contributed by atoms with Crippen LogP contribution in [0.4, 0.5) is 22.0 Å². The van der Waals surface area contributed by atoms with Crippen molar-refractivity contribution in [3.05, 3.63) is 57.8 Å². The molecule has 1 atom stereocenters. The van der Waals surface area contributed by atoms with E-state index in [1.807, 2.05) is 0 Å². The lowest BCUT2D eigenvalue weighted by Gasteiger charge is -2.37. The highest BCUT2D eigenvalue weighted by molar-refractivity contribution is 7.08. The second kappa shape index (κ2) is 5.06. The molecule has 0 spiro atoms. The molecular weight excluding hydrogens is 311 g/mol. The molecule has 1 aromatic carbocycles. The maximum absolute atomic E-state index is 14.0. The van der Waals surface area contributed by atoms with Gasteiger partial charge in [-0.1, -0.05) is 24.3 Å². The van der Waals surface area contributed by atoms with Crippen molar-refractivity contribution in [3.63, 3.8) is 0 Å². The van der Waals surface area contributed by atoms with Gasteiger partial charge in [-0.25, -0.2) is 0 Å². The Balaban J connectivity index is 2.77. The van der Waals surface area contributed by atoms with Crippen LogP contribution >= 0.6 is 11.3 Å². The summed E-state index contributed by atoms with van der Waals surface area (Å²) in [6, 6.07) is 6.33. The van der Waals surface area contributed by atoms with Gasteiger partial charge in [0, 0.05) is 5.56 Å². The monoisotopic (exact) mass is 322 g/mol. The van der Waals surface area contributed by atoms with Crippen LogP contribution in [0.15, 0.2) is 41.1 Å². The Morgan fingerprint density at radius 3 is 2.10 bits per heavy atom. The van der Waals surface area contributed by atoms with Crippen LogP contribution in [0.3, 0.4) is 0 Å². The van der Waals surface area contributed by atoms with Gasteiger partial charge in [0.05, 0.1) is 0 Å². The van der Waals surface area contributed by atoms with Gasteiger partial charge in [-0.2, -0.15) is 33.3 Å². The van der Waals surface area contributed by atoms with E-state index in [0.29, 0.717) is 0 Å². The molecule has 1 aromatic heterocycles. The van der Waals surface area contributed by atoms with Crippen LogP contribution in [0.5, 0.6) is 0 Å². The Bertz CT molecular complexity index is 621. The third-order valence-electron chi connectivity index (χ3n) is 3.28. The molecule has 7 heteroatoms. The summed E-state index contributed by atoms with van der Waals surface area (Å²) in [7, 11) is 0. The molecule has 0 amide bonds. The van der Waals surface area contributed by atoms with Crippen LogP contribution < -0.4 is 0 Å². The number of hydrogen-bond acceptors (Lipinski definition) is 2. The third-order valence-corrected chi connectivity index (χ3v) is 3.97. The number of thiophene rings is 1. The zero-order chi connectivity index (χ0) is 15.9. The minimum atomic E-state index is -5.88. The van der Waals surface area contributed by atoms with Crippen molar-refractivity contribution in [1.29, 1.82) is 0 Å². The fourth-order valence-corrected chi connectivity index (χ4v) is 2.86. The molecule has 21 heavy (non-hydrogen) atoms. The Morgan fingerprint density at radius 2 is 1.62 bits per heavy atom. The summed E-state index contributed by atoms with van der Waals surface area (Å²) >= 11 is 0.933. The molecule has 0 bridgehead atoms. The standard InChI is InChI=1S/C14H11F5OS/c1-9-4-2-3-5-11(9)12(20,10-6-7-21-8-10)13(15,16)14(17,18)19/h2-8,20H,1H3. The Kier molecular flexibility index (Phi) is 3.84. The molecule has 114 valence electrons. The summed E-state index contributed by atoms with van der Waals surface area (Å²) in [5.41, 5.74) is -4.26. The molecule has 1 unspecified atom stereocenters. The number of alkyl halides is 5. The smallest absolute Gasteiger partial charge is 0.374 e. The number of benzene rings is 1. The van der Waals surface area contributed by atoms with Crippen molar-refractivity contribution in [2.45, 2.75) is 24.6 Å². The largest absolute Gasteiger partial charge is 0.457 e. The molecule has 1 heterocycles. The van der Waals surface area contributed by atoms with E-state index in [1.54, 1.807) is 0 Å². The predicted molar refractivity (Wildman–Crippen MR) is 69.5 cm³/mol. The number of hydrogen-bond donors (Lipinski definition) is 1. The highest BCUT2D eigenvalue weighted by atomic mass is 32.1. The first-order valence-electron chi connectivity index (χ1n) is 5.88. The lowest BCUT2D eigenvalue weighted by atomic mass is 9.80. The average molecular weight is 322 g/mol. The van der Waals surface area contributed by atoms with Crippen LogP contribution in [-0.2, 0) is 5.60 Å². The van der Waals surface area contributed by atoms with Gasteiger partial charge in [0.1, 0.15) is 0 Å². The molecule has 0 fully saturated rings. The lowest BCUT2D eigenvalue weighted by molar-refractivity contribution is -0.336. The van der Waals surface area contributed by atoms with Crippen LogP contribution in [0, 0.1) is 6.92 Å². The maximum atomic E-state index is 14.0. The van der Waals surface area contributed by atoms with E-state index < -0.39 is 28.8 Å². The highest BCUT2D eigenvalue weighted by Crippen LogP contribution is 2.52. The first kappa shape index (κ1) is 15.9. The van der Waals surface area contributed by atoms with Gasteiger partial charge in [0.15, 0.2) is 5.60 Å². The van der Waals surface area contributed by atoms with Crippen LogP contribution in [0.2, 0.25) is 0 Å². The fourth-order valence-electron chi connectivity index (χ4n) is 2.16. The SMILES string of the molecule is Cc1ccccc1C(O)(c1ccsc1)C(F)(F)C(F)(F)F. The molecule has 0 aliphatic rings.